The Balaban J connectivity index is 1.92. The van der Waals surface area contributed by atoms with Crippen molar-refractivity contribution in [2.24, 2.45) is 22.2 Å². The van der Waals surface area contributed by atoms with Crippen molar-refractivity contribution in [3.05, 3.63) is 36.4 Å². The monoisotopic (exact) mass is 505 g/mol. The lowest BCUT2D eigenvalue weighted by Crippen LogP contribution is -2.54. The largest absolute Gasteiger partial charge is 0.480 e. The lowest BCUT2D eigenvalue weighted by atomic mass is 10.1. The molecule has 196 valence electrons. The van der Waals surface area contributed by atoms with Crippen LogP contribution in [-0.2, 0) is 32.0 Å². The zero-order chi connectivity index (χ0) is 26.5. The molecule has 0 saturated carbocycles. The lowest BCUT2D eigenvalue weighted by Gasteiger charge is -2.20. The second-order valence-electron chi connectivity index (χ2n) is 7.85. The third-order valence-corrected chi connectivity index (χ3v) is 4.95. The molecule has 0 aliphatic rings. The third-order valence-electron chi connectivity index (χ3n) is 4.95. The summed E-state index contributed by atoms with van der Waals surface area (Å²) in [7, 11) is 0. The molecule has 2 aromatic rings. The Labute approximate surface area is 205 Å². The van der Waals surface area contributed by atoms with Crippen LogP contribution in [0.25, 0.3) is 0 Å². The molecule has 36 heavy (non-hydrogen) atoms. The van der Waals surface area contributed by atoms with Gasteiger partial charge in [-0.15, -0.1) is 0 Å². The fourth-order valence-electron chi connectivity index (χ4n) is 3.11. The summed E-state index contributed by atoms with van der Waals surface area (Å²) in [6.45, 7) is -0.209. The zero-order valence-corrected chi connectivity index (χ0v) is 19.4. The van der Waals surface area contributed by atoms with E-state index >= 15 is 0 Å². The van der Waals surface area contributed by atoms with Gasteiger partial charge in [0.2, 0.25) is 17.7 Å². The predicted octanol–water partition coefficient (Wildman–Crippen LogP) is -3.53. The van der Waals surface area contributed by atoms with Crippen molar-refractivity contribution in [3.8, 4) is 0 Å². The Kier molecular flexibility index (Phi) is 10.8. The van der Waals surface area contributed by atoms with Gasteiger partial charge >= 0.3 is 5.97 Å². The van der Waals surface area contributed by atoms with Crippen LogP contribution in [0.5, 0.6) is 0 Å². The number of nitrogens with zero attached hydrogens (tertiary/aromatic N) is 3. The number of aliphatic carboxylic acids is 1. The van der Waals surface area contributed by atoms with Gasteiger partial charge in [-0.1, -0.05) is 0 Å². The van der Waals surface area contributed by atoms with Crippen LogP contribution in [0.4, 0.5) is 0 Å². The van der Waals surface area contributed by atoms with Gasteiger partial charge in [0.25, 0.3) is 0 Å². The molecule has 0 aromatic carbocycles. The SMILES string of the molecule is NC(N)=NCCC[C@H](N)C(=O)N[C@@H](Cc1cnc[nH]1)C(=O)NCC(=O)N[C@@H](Cc1cnc[nH]1)C(=O)O. The number of carboxylic acids is 1. The Bertz CT molecular complexity index is 1020. The number of imidazole rings is 2. The van der Waals surface area contributed by atoms with Crippen LogP contribution in [0.3, 0.4) is 0 Å². The molecular formula is C20H31N11O5. The highest BCUT2D eigenvalue weighted by atomic mass is 16.4. The van der Waals surface area contributed by atoms with Gasteiger partial charge in [-0.3, -0.25) is 19.4 Å². The molecule has 12 N–H and O–H groups in total. The zero-order valence-electron chi connectivity index (χ0n) is 19.4. The first kappa shape index (κ1) is 27.8. The Morgan fingerprint density at radius 2 is 1.58 bits per heavy atom. The average molecular weight is 506 g/mol. The van der Waals surface area contributed by atoms with Crippen LogP contribution < -0.4 is 33.2 Å². The van der Waals surface area contributed by atoms with Gasteiger partial charge in [0, 0.05) is 43.2 Å². The van der Waals surface area contributed by atoms with Crippen LogP contribution in [-0.4, -0.2) is 85.9 Å². The third kappa shape index (κ3) is 9.80. The molecule has 16 nitrogen and oxygen atoms in total. The van der Waals surface area contributed by atoms with Crippen LogP contribution >= 0.6 is 0 Å². The summed E-state index contributed by atoms with van der Waals surface area (Å²) in [6.07, 6.45) is 6.50. The number of H-pyrrole nitrogens is 2. The minimum atomic E-state index is -1.25. The Morgan fingerprint density at radius 3 is 2.11 bits per heavy atom. The number of hydrogen-bond acceptors (Lipinski definition) is 8. The first-order valence-electron chi connectivity index (χ1n) is 11.0. The van der Waals surface area contributed by atoms with E-state index in [9.17, 15) is 24.3 Å². The van der Waals surface area contributed by atoms with Crippen LogP contribution in [0.1, 0.15) is 24.2 Å². The molecule has 0 fully saturated rings. The number of carbonyl (C=O) groups is 4. The van der Waals surface area contributed by atoms with Crippen molar-refractivity contribution < 1.29 is 24.3 Å². The summed E-state index contributed by atoms with van der Waals surface area (Å²) in [5.74, 6) is -3.28. The summed E-state index contributed by atoms with van der Waals surface area (Å²) in [5, 5.41) is 16.7. The fourth-order valence-corrected chi connectivity index (χ4v) is 3.11. The maximum Gasteiger partial charge on any atom is 0.326 e. The highest BCUT2D eigenvalue weighted by molar-refractivity contribution is 5.92. The Hall–Kier alpha value is -4.47. The van der Waals surface area contributed by atoms with E-state index in [4.69, 9.17) is 17.2 Å². The number of aromatic nitrogens is 4. The number of nitrogens with one attached hydrogen (secondary N) is 5. The average Bonchev–Trinajstić information content (AvgIpc) is 3.53. The topological polar surface area (TPSA) is 272 Å². The molecular weight excluding hydrogens is 474 g/mol. The maximum absolute atomic E-state index is 12.8. The molecule has 3 amide bonds. The molecule has 2 aromatic heterocycles. The number of aromatic amines is 2. The number of hydrogen-bond donors (Lipinski definition) is 9. The molecule has 0 saturated heterocycles. The number of amides is 3. The first-order chi connectivity index (χ1) is 17.2. The molecule has 0 aliphatic carbocycles. The van der Waals surface area contributed by atoms with Gasteiger partial charge in [0.1, 0.15) is 12.1 Å². The Morgan fingerprint density at radius 1 is 0.972 bits per heavy atom. The standard InChI is InChI=1S/C20H31N11O5/c21-13(2-1-3-26-20(22)23)17(33)31-14(4-11-6-24-9-28-11)18(34)27-8-16(32)30-15(19(35)36)5-12-7-25-10-29-12/h6-7,9-10,13-15H,1-5,8,21H2,(H,24,28)(H,25,29)(H,27,34)(H,30,32)(H,31,33)(H,35,36)(H4,22,23,26)/t13-,14-,15-/m0/s1. The summed E-state index contributed by atoms with van der Waals surface area (Å²) < 4.78 is 0. The van der Waals surface area contributed by atoms with Crippen LogP contribution in [0, 0.1) is 0 Å². The van der Waals surface area contributed by atoms with Crippen LogP contribution in [0.15, 0.2) is 30.0 Å². The first-order valence-corrected chi connectivity index (χ1v) is 11.0. The molecule has 0 bridgehead atoms. The summed E-state index contributed by atoms with van der Waals surface area (Å²) in [6, 6.07) is -3.22. The maximum atomic E-state index is 12.8. The lowest BCUT2D eigenvalue weighted by molar-refractivity contribution is -0.141. The molecule has 0 spiro atoms. The van der Waals surface area contributed by atoms with E-state index in [1.54, 1.807) is 0 Å². The van der Waals surface area contributed by atoms with Gasteiger partial charge in [-0.2, -0.15) is 0 Å². The molecule has 2 rings (SSSR count). The molecule has 3 atom stereocenters. The second kappa shape index (κ2) is 14.1. The number of carboxylic acid groups (broad SMARTS) is 1. The molecule has 2 heterocycles. The predicted molar refractivity (Wildman–Crippen MR) is 127 cm³/mol. The number of rotatable bonds is 15. The minimum Gasteiger partial charge on any atom is -0.480 e. The van der Waals surface area contributed by atoms with Crippen molar-refractivity contribution in [2.75, 3.05) is 13.1 Å². The number of aliphatic imine (C=N–C) groups is 1. The van der Waals surface area contributed by atoms with E-state index in [1.165, 1.54) is 25.0 Å². The van der Waals surface area contributed by atoms with Crippen LogP contribution in [0.2, 0.25) is 0 Å². The number of guanidine groups is 1. The van der Waals surface area contributed by atoms with Gasteiger partial charge < -0.3 is 48.2 Å². The van der Waals surface area contributed by atoms with E-state index in [1.807, 2.05) is 0 Å². The second-order valence-corrected chi connectivity index (χ2v) is 7.85. The van der Waals surface area contributed by atoms with E-state index in [0.717, 1.165) is 0 Å². The molecule has 0 aliphatic heterocycles. The van der Waals surface area contributed by atoms with Crippen molar-refractivity contribution in [1.82, 2.24) is 35.9 Å². The summed E-state index contributed by atoms with van der Waals surface area (Å²) in [5.41, 5.74) is 17.5. The molecule has 16 heteroatoms. The highest BCUT2D eigenvalue weighted by Crippen LogP contribution is 2.02. The van der Waals surface area contributed by atoms with E-state index in [0.29, 0.717) is 24.4 Å². The van der Waals surface area contributed by atoms with Crippen molar-refractivity contribution in [2.45, 2.75) is 43.8 Å². The quantitative estimate of drug-likeness (QED) is 0.0653. The normalized spacial score (nSPS) is 13.1. The van der Waals surface area contributed by atoms with Gasteiger partial charge in [-0.05, 0) is 12.8 Å². The van der Waals surface area contributed by atoms with Gasteiger partial charge in [0.05, 0.1) is 25.2 Å². The van der Waals surface area contributed by atoms with Crippen molar-refractivity contribution in [3.63, 3.8) is 0 Å². The van der Waals surface area contributed by atoms with E-state index in [-0.39, 0.29) is 25.2 Å². The van der Waals surface area contributed by atoms with E-state index < -0.39 is 48.4 Å². The number of nitrogens with two attached hydrogens (primary N) is 3. The van der Waals surface area contributed by atoms with Gasteiger partial charge in [0.15, 0.2) is 5.96 Å². The van der Waals surface area contributed by atoms with Crippen molar-refractivity contribution in [1.29, 1.82) is 0 Å². The smallest absolute Gasteiger partial charge is 0.326 e. The van der Waals surface area contributed by atoms with E-state index in [2.05, 4.69) is 40.9 Å². The molecule has 0 unspecified atom stereocenters. The minimum absolute atomic E-state index is 0.0192. The van der Waals surface area contributed by atoms with Gasteiger partial charge in [-0.25, -0.2) is 14.8 Å². The fraction of sp³-hybridized carbons (Fsp3) is 0.450. The summed E-state index contributed by atoms with van der Waals surface area (Å²) in [4.78, 5) is 66.2. The highest BCUT2D eigenvalue weighted by Gasteiger charge is 2.26. The van der Waals surface area contributed by atoms with Crippen molar-refractivity contribution >= 4 is 29.7 Å². The molecule has 0 radical (unpaired) electrons. The summed E-state index contributed by atoms with van der Waals surface area (Å²) >= 11 is 0. The number of carbonyl (C=O) groups excluding carboxylic acids is 3.